The van der Waals surface area contributed by atoms with Crippen LogP contribution in [0.2, 0.25) is 0 Å². The third-order valence-corrected chi connectivity index (χ3v) is 3.34. The molecule has 1 unspecified atom stereocenters. The topological polar surface area (TPSA) is 84.1 Å². The first kappa shape index (κ1) is 15.7. The summed E-state index contributed by atoms with van der Waals surface area (Å²) in [4.78, 5) is 8.90. The number of nitrogen functional groups attached to an aromatic ring is 1. The molecule has 0 spiro atoms. The fourth-order valence-electron chi connectivity index (χ4n) is 1.40. The van der Waals surface area contributed by atoms with Gasteiger partial charge in [0.1, 0.15) is 17.5 Å². The van der Waals surface area contributed by atoms with Gasteiger partial charge in [0.25, 0.3) is 0 Å². The number of aromatic nitrogens is 2. The number of nitrogens with zero attached hydrogens (tertiary/aromatic N) is 2. The van der Waals surface area contributed by atoms with Crippen molar-refractivity contribution in [3.05, 3.63) is 11.4 Å². The van der Waals surface area contributed by atoms with Crippen LogP contribution >= 0.6 is 0 Å². The van der Waals surface area contributed by atoms with Gasteiger partial charge in [0.15, 0.2) is 0 Å². The molecular formula is C14H26N4O. The number of hydrogen-bond acceptors (Lipinski definition) is 5. The molecule has 1 heterocycles. The number of anilines is 2. The van der Waals surface area contributed by atoms with Crippen LogP contribution in [-0.2, 0) is 5.41 Å². The lowest BCUT2D eigenvalue weighted by atomic mass is 9.95. The predicted molar refractivity (Wildman–Crippen MR) is 79.3 cm³/mol. The van der Waals surface area contributed by atoms with Crippen LogP contribution in [0, 0.1) is 6.92 Å². The van der Waals surface area contributed by atoms with E-state index in [1.165, 1.54) is 0 Å². The van der Waals surface area contributed by atoms with Crippen LogP contribution in [0.1, 0.15) is 52.9 Å². The lowest BCUT2D eigenvalue weighted by Crippen LogP contribution is -2.42. The first-order valence-corrected chi connectivity index (χ1v) is 6.56. The molecule has 1 aromatic heterocycles. The van der Waals surface area contributed by atoms with Gasteiger partial charge < -0.3 is 16.2 Å². The zero-order chi connectivity index (χ0) is 15.0. The van der Waals surface area contributed by atoms with Gasteiger partial charge in [-0.1, -0.05) is 20.8 Å². The van der Waals surface area contributed by atoms with Crippen LogP contribution in [0.4, 0.5) is 11.6 Å². The highest BCUT2D eigenvalue weighted by Crippen LogP contribution is 2.27. The highest BCUT2D eigenvalue weighted by molar-refractivity contribution is 5.56. The number of rotatable bonds is 3. The average Bonchev–Trinajstić information content (AvgIpc) is 2.22. The van der Waals surface area contributed by atoms with Gasteiger partial charge in [-0.3, -0.25) is 0 Å². The van der Waals surface area contributed by atoms with E-state index < -0.39 is 11.6 Å². The Hall–Kier alpha value is -1.36. The highest BCUT2D eigenvalue weighted by Gasteiger charge is 2.27. The second kappa shape index (κ2) is 4.96. The van der Waals surface area contributed by atoms with Crippen LogP contribution in [-0.4, -0.2) is 26.7 Å². The summed E-state index contributed by atoms with van der Waals surface area (Å²) in [6.07, 6.45) is -0.513. The van der Waals surface area contributed by atoms with Gasteiger partial charge in [0.2, 0.25) is 0 Å². The van der Waals surface area contributed by atoms with Crippen molar-refractivity contribution < 1.29 is 5.11 Å². The Morgan fingerprint density at radius 2 is 1.68 bits per heavy atom. The Bertz CT molecular complexity index is 461. The van der Waals surface area contributed by atoms with Crippen molar-refractivity contribution in [2.24, 2.45) is 0 Å². The smallest absolute Gasteiger partial charge is 0.138 e. The molecule has 1 aromatic rings. The minimum atomic E-state index is -0.513. The Labute approximate surface area is 115 Å². The second-order valence-electron chi connectivity index (χ2n) is 6.68. The molecule has 0 amide bonds. The van der Waals surface area contributed by atoms with Crippen molar-refractivity contribution in [1.82, 2.24) is 9.97 Å². The molecule has 1 rings (SSSR count). The minimum Gasteiger partial charge on any atom is -0.391 e. The molecule has 0 bridgehead atoms. The predicted octanol–water partition coefficient (Wildman–Crippen LogP) is 2.24. The summed E-state index contributed by atoms with van der Waals surface area (Å²) in [5.74, 6) is 1.85. The quantitative estimate of drug-likeness (QED) is 0.781. The summed E-state index contributed by atoms with van der Waals surface area (Å²) in [7, 11) is 0. The molecule has 108 valence electrons. The van der Waals surface area contributed by atoms with Crippen LogP contribution in [0.25, 0.3) is 0 Å². The molecule has 5 heteroatoms. The van der Waals surface area contributed by atoms with Gasteiger partial charge in [-0.25, -0.2) is 9.97 Å². The summed E-state index contributed by atoms with van der Waals surface area (Å²) in [5.41, 5.74) is 6.11. The van der Waals surface area contributed by atoms with Crippen LogP contribution in [0.5, 0.6) is 0 Å². The lowest BCUT2D eigenvalue weighted by molar-refractivity contribution is 0.133. The normalized spacial score (nSPS) is 14.3. The largest absolute Gasteiger partial charge is 0.391 e. The van der Waals surface area contributed by atoms with Crippen molar-refractivity contribution in [3.8, 4) is 0 Å². The van der Waals surface area contributed by atoms with E-state index in [0.29, 0.717) is 17.5 Å². The molecule has 4 N–H and O–H groups in total. The third kappa shape index (κ3) is 3.56. The molecule has 0 saturated heterocycles. The van der Waals surface area contributed by atoms with E-state index >= 15 is 0 Å². The first-order valence-electron chi connectivity index (χ1n) is 6.56. The summed E-state index contributed by atoms with van der Waals surface area (Å²) < 4.78 is 0. The van der Waals surface area contributed by atoms with E-state index in [2.05, 4.69) is 15.3 Å². The summed E-state index contributed by atoms with van der Waals surface area (Å²) >= 11 is 0. The van der Waals surface area contributed by atoms with Crippen LogP contribution in [0.3, 0.4) is 0 Å². The van der Waals surface area contributed by atoms with Crippen molar-refractivity contribution in [2.75, 3.05) is 11.1 Å². The Morgan fingerprint density at radius 3 is 2.11 bits per heavy atom. The molecule has 1 atom stereocenters. The van der Waals surface area contributed by atoms with Gasteiger partial charge in [0, 0.05) is 11.0 Å². The van der Waals surface area contributed by atoms with Crippen molar-refractivity contribution >= 4 is 11.6 Å². The number of nitrogens with one attached hydrogen (secondary N) is 1. The lowest BCUT2D eigenvalue weighted by Gasteiger charge is -2.31. The second-order valence-corrected chi connectivity index (χ2v) is 6.68. The first-order chi connectivity index (χ1) is 8.45. The Kier molecular flexibility index (Phi) is 4.10. The van der Waals surface area contributed by atoms with Crippen molar-refractivity contribution in [3.63, 3.8) is 0 Å². The molecule has 0 aliphatic rings. The van der Waals surface area contributed by atoms with E-state index in [1.54, 1.807) is 6.92 Å². The van der Waals surface area contributed by atoms with E-state index in [4.69, 9.17) is 5.73 Å². The van der Waals surface area contributed by atoms with Gasteiger partial charge in [-0.05, 0) is 27.7 Å². The number of aliphatic hydroxyl groups excluding tert-OH is 1. The van der Waals surface area contributed by atoms with Crippen LogP contribution in [0.15, 0.2) is 0 Å². The Morgan fingerprint density at radius 1 is 1.16 bits per heavy atom. The summed E-state index contributed by atoms with van der Waals surface area (Å²) in [6, 6.07) is 0. The Balaban J connectivity index is 3.25. The molecule has 0 radical (unpaired) electrons. The standard InChI is InChI=1S/C14H26N4O/c1-8-10(15)16-12(13(3,4)5)17-11(8)18-14(6,7)9(2)19/h9,19H,1-7H3,(H3,15,16,17,18). The molecule has 5 nitrogen and oxygen atoms in total. The van der Waals surface area contributed by atoms with Gasteiger partial charge in [-0.15, -0.1) is 0 Å². The fourth-order valence-corrected chi connectivity index (χ4v) is 1.40. The number of hydrogen-bond donors (Lipinski definition) is 3. The zero-order valence-electron chi connectivity index (χ0n) is 13.0. The van der Waals surface area contributed by atoms with E-state index in [-0.39, 0.29) is 5.41 Å². The number of aliphatic hydroxyl groups is 1. The maximum atomic E-state index is 9.79. The maximum absolute atomic E-state index is 9.79. The molecule has 0 aromatic carbocycles. The van der Waals surface area contributed by atoms with E-state index in [0.717, 1.165) is 5.56 Å². The molecular weight excluding hydrogens is 240 g/mol. The number of nitrogens with two attached hydrogens (primary N) is 1. The summed E-state index contributed by atoms with van der Waals surface area (Å²) in [6.45, 7) is 13.6. The monoisotopic (exact) mass is 266 g/mol. The van der Waals surface area contributed by atoms with Gasteiger partial charge in [-0.2, -0.15) is 0 Å². The van der Waals surface area contributed by atoms with Crippen LogP contribution < -0.4 is 11.1 Å². The van der Waals surface area contributed by atoms with Crippen molar-refractivity contribution in [1.29, 1.82) is 0 Å². The SMILES string of the molecule is Cc1c(N)nc(C(C)(C)C)nc1NC(C)(C)C(C)O. The molecule has 0 saturated carbocycles. The summed E-state index contributed by atoms with van der Waals surface area (Å²) in [5, 5.41) is 13.1. The zero-order valence-corrected chi connectivity index (χ0v) is 13.0. The maximum Gasteiger partial charge on any atom is 0.138 e. The molecule has 0 fully saturated rings. The highest BCUT2D eigenvalue weighted by atomic mass is 16.3. The molecule has 0 aliphatic carbocycles. The third-order valence-electron chi connectivity index (χ3n) is 3.34. The van der Waals surface area contributed by atoms with Gasteiger partial charge >= 0.3 is 0 Å². The average molecular weight is 266 g/mol. The van der Waals surface area contributed by atoms with E-state index in [9.17, 15) is 5.11 Å². The minimum absolute atomic E-state index is 0.173. The van der Waals surface area contributed by atoms with Gasteiger partial charge in [0.05, 0.1) is 11.6 Å². The molecule has 19 heavy (non-hydrogen) atoms. The van der Waals surface area contributed by atoms with Crippen molar-refractivity contribution in [2.45, 2.75) is 65.5 Å². The molecule has 0 aliphatic heterocycles. The fraction of sp³-hybridized carbons (Fsp3) is 0.714. The van der Waals surface area contributed by atoms with E-state index in [1.807, 2.05) is 41.5 Å².